The highest BCUT2D eigenvalue weighted by Gasteiger charge is 2.46. The van der Waals surface area contributed by atoms with E-state index >= 15 is 0 Å². The van der Waals surface area contributed by atoms with Gasteiger partial charge in [-0.3, -0.25) is 9.78 Å². The third-order valence-electron chi connectivity index (χ3n) is 5.70. The van der Waals surface area contributed by atoms with Crippen LogP contribution in [0.25, 0.3) is 0 Å². The van der Waals surface area contributed by atoms with Gasteiger partial charge in [0.05, 0.1) is 13.2 Å². The van der Waals surface area contributed by atoms with Crippen LogP contribution in [0.5, 0.6) is 5.75 Å². The van der Waals surface area contributed by atoms with E-state index in [0.717, 1.165) is 10.4 Å². The van der Waals surface area contributed by atoms with Gasteiger partial charge in [0.2, 0.25) is 0 Å². The van der Waals surface area contributed by atoms with Crippen LogP contribution in [0.4, 0.5) is 19.0 Å². The lowest BCUT2D eigenvalue weighted by Gasteiger charge is -2.33. The van der Waals surface area contributed by atoms with Crippen molar-refractivity contribution in [3.05, 3.63) is 71.7 Å². The molecule has 174 valence electrons. The molecule has 0 aliphatic carbocycles. The Labute approximate surface area is 189 Å². The number of hydrogen-bond donors (Lipinski definition) is 1. The van der Waals surface area contributed by atoms with Gasteiger partial charge in [0, 0.05) is 44.4 Å². The summed E-state index contributed by atoms with van der Waals surface area (Å²) in [4.78, 5) is 18.5. The average molecular weight is 459 g/mol. The number of nitrogens with one attached hydrogen (secondary N) is 1. The Bertz CT molecular complexity index is 1100. The molecule has 1 N–H and O–H groups in total. The number of likely N-dealkylation sites (N-methyl/N-ethyl adjacent to an activating group) is 1. The molecular formula is C23H24F3N5O2. The number of aromatic nitrogens is 3. The number of ether oxygens (including phenoxy) is 1. The van der Waals surface area contributed by atoms with Crippen LogP contribution >= 0.6 is 0 Å². The van der Waals surface area contributed by atoms with Gasteiger partial charge in [0.15, 0.2) is 11.7 Å². The molecule has 0 fully saturated rings. The zero-order valence-electron chi connectivity index (χ0n) is 18.2. The minimum absolute atomic E-state index is 0.0364. The molecule has 0 saturated heterocycles. The van der Waals surface area contributed by atoms with E-state index in [1.165, 1.54) is 18.1 Å². The van der Waals surface area contributed by atoms with E-state index in [0.29, 0.717) is 24.3 Å². The van der Waals surface area contributed by atoms with E-state index in [-0.39, 0.29) is 17.9 Å². The second-order valence-corrected chi connectivity index (χ2v) is 7.92. The largest absolute Gasteiger partial charge is 0.497 e. The number of anilines is 1. The van der Waals surface area contributed by atoms with Crippen molar-refractivity contribution < 1.29 is 22.7 Å². The fourth-order valence-electron chi connectivity index (χ4n) is 3.86. The number of pyridine rings is 1. The molecule has 0 unspecified atom stereocenters. The Kier molecular flexibility index (Phi) is 6.26. The highest BCUT2D eigenvalue weighted by Crippen LogP contribution is 2.43. The highest BCUT2D eigenvalue weighted by atomic mass is 19.4. The molecule has 1 amide bonds. The lowest BCUT2D eigenvalue weighted by atomic mass is 9.97. The predicted octanol–water partition coefficient (Wildman–Crippen LogP) is 4.26. The zero-order valence-corrected chi connectivity index (χ0v) is 18.2. The lowest BCUT2D eigenvalue weighted by molar-refractivity contribution is -0.173. The van der Waals surface area contributed by atoms with Crippen molar-refractivity contribution in [3.63, 3.8) is 0 Å². The first-order valence-corrected chi connectivity index (χ1v) is 10.5. The van der Waals surface area contributed by atoms with Crippen LogP contribution in [-0.2, 0) is 6.42 Å². The number of alkyl halides is 3. The molecule has 0 saturated carbocycles. The molecule has 2 atom stereocenters. The van der Waals surface area contributed by atoms with Gasteiger partial charge < -0.3 is 15.0 Å². The fraction of sp³-hybridized carbons (Fsp3) is 0.348. The lowest BCUT2D eigenvalue weighted by Crippen LogP contribution is -2.36. The van der Waals surface area contributed by atoms with Crippen molar-refractivity contribution in [3.8, 4) is 5.75 Å². The highest BCUT2D eigenvalue weighted by molar-refractivity contribution is 5.93. The van der Waals surface area contributed by atoms with Gasteiger partial charge in [0.25, 0.3) is 5.91 Å². The monoisotopic (exact) mass is 459 g/mol. The molecular weight excluding hydrogens is 435 g/mol. The summed E-state index contributed by atoms with van der Waals surface area (Å²) in [6.07, 6.45) is -2.56. The van der Waals surface area contributed by atoms with Crippen LogP contribution < -0.4 is 10.1 Å². The summed E-state index contributed by atoms with van der Waals surface area (Å²) in [5.41, 5.74) is 1.48. The van der Waals surface area contributed by atoms with Gasteiger partial charge in [-0.1, -0.05) is 18.2 Å². The van der Waals surface area contributed by atoms with Crippen molar-refractivity contribution in [2.75, 3.05) is 26.0 Å². The summed E-state index contributed by atoms with van der Waals surface area (Å²) in [5.74, 6) is 0.330. The summed E-state index contributed by atoms with van der Waals surface area (Å²) < 4.78 is 47.7. The molecule has 0 spiro atoms. The Hall–Kier alpha value is -3.56. The fourth-order valence-corrected chi connectivity index (χ4v) is 3.86. The molecule has 3 aromatic rings. The first-order chi connectivity index (χ1) is 15.8. The molecule has 10 heteroatoms. The maximum absolute atomic E-state index is 13.9. The summed E-state index contributed by atoms with van der Waals surface area (Å²) in [6.45, 7) is 0.364. The number of fused-ring (bicyclic) bond motifs is 1. The van der Waals surface area contributed by atoms with E-state index in [2.05, 4.69) is 15.4 Å². The number of carbonyl (C=O) groups is 1. The summed E-state index contributed by atoms with van der Waals surface area (Å²) in [6, 6.07) is 11.3. The Balaban J connectivity index is 1.55. The smallest absolute Gasteiger partial charge is 0.410 e. The van der Waals surface area contributed by atoms with Gasteiger partial charge in [-0.05, 0) is 29.8 Å². The second kappa shape index (κ2) is 9.13. The van der Waals surface area contributed by atoms with Gasteiger partial charge >= 0.3 is 6.18 Å². The predicted molar refractivity (Wildman–Crippen MR) is 116 cm³/mol. The number of nitrogens with zero attached hydrogens (tertiary/aromatic N) is 4. The first kappa shape index (κ1) is 22.6. The van der Waals surface area contributed by atoms with E-state index in [1.807, 2.05) is 12.1 Å². The minimum atomic E-state index is -4.52. The second-order valence-electron chi connectivity index (χ2n) is 7.92. The molecule has 1 aliphatic rings. The summed E-state index contributed by atoms with van der Waals surface area (Å²) >= 11 is 0. The van der Waals surface area contributed by atoms with Gasteiger partial charge in [0.1, 0.15) is 11.6 Å². The van der Waals surface area contributed by atoms with E-state index in [1.54, 1.807) is 43.6 Å². The van der Waals surface area contributed by atoms with Crippen molar-refractivity contribution in [1.82, 2.24) is 19.7 Å². The number of rotatable bonds is 6. The SMILES string of the molecule is COc1ccc([C@H]2C[C@@H](C(F)(F)F)n3nc(C(=O)N(C)CCc4ccccn4)cc3N2)cc1. The van der Waals surface area contributed by atoms with Crippen LogP contribution in [-0.4, -0.2) is 52.5 Å². The topological polar surface area (TPSA) is 72.3 Å². The van der Waals surface area contributed by atoms with Crippen LogP contribution in [0, 0.1) is 0 Å². The Morgan fingerprint density at radius 1 is 1.24 bits per heavy atom. The summed E-state index contributed by atoms with van der Waals surface area (Å²) in [7, 11) is 3.12. The number of carbonyl (C=O) groups excluding carboxylic acids is 1. The standard InChI is InChI=1S/C23H24F3N5O2/c1-30(12-10-16-5-3-4-11-27-16)22(32)19-14-21-28-18(15-6-8-17(33-2)9-7-15)13-20(23(24,25)26)31(21)29-19/h3-9,11,14,18,20,28H,10,12-13H2,1-2H3/t18-,20+/m1/s1. The quantitative estimate of drug-likeness (QED) is 0.596. The third kappa shape index (κ3) is 4.94. The van der Waals surface area contributed by atoms with Crippen LogP contribution in [0.15, 0.2) is 54.7 Å². The van der Waals surface area contributed by atoms with E-state index in [9.17, 15) is 18.0 Å². The third-order valence-corrected chi connectivity index (χ3v) is 5.70. The minimum Gasteiger partial charge on any atom is -0.497 e. The first-order valence-electron chi connectivity index (χ1n) is 10.5. The molecule has 1 aromatic carbocycles. The molecule has 0 bridgehead atoms. The maximum Gasteiger partial charge on any atom is 0.410 e. The molecule has 7 nitrogen and oxygen atoms in total. The zero-order chi connectivity index (χ0) is 23.6. The molecule has 2 aromatic heterocycles. The van der Waals surface area contributed by atoms with E-state index in [4.69, 9.17) is 4.74 Å². The summed E-state index contributed by atoms with van der Waals surface area (Å²) in [5, 5.41) is 7.14. The number of halogens is 3. The number of hydrogen-bond acceptors (Lipinski definition) is 5. The normalized spacial score (nSPS) is 17.7. The van der Waals surface area contributed by atoms with Gasteiger partial charge in [-0.15, -0.1) is 0 Å². The number of methoxy groups -OCH3 is 1. The van der Waals surface area contributed by atoms with Gasteiger partial charge in [-0.2, -0.15) is 18.3 Å². The van der Waals surface area contributed by atoms with Crippen LogP contribution in [0.1, 0.15) is 40.3 Å². The van der Waals surface area contributed by atoms with Crippen molar-refractivity contribution in [2.45, 2.75) is 31.1 Å². The maximum atomic E-state index is 13.9. The van der Waals surface area contributed by atoms with E-state index < -0.39 is 24.2 Å². The molecule has 33 heavy (non-hydrogen) atoms. The Morgan fingerprint density at radius 2 is 2.00 bits per heavy atom. The molecule has 0 radical (unpaired) electrons. The van der Waals surface area contributed by atoms with Crippen LogP contribution in [0.3, 0.4) is 0 Å². The van der Waals surface area contributed by atoms with Crippen molar-refractivity contribution >= 4 is 11.7 Å². The van der Waals surface area contributed by atoms with Crippen LogP contribution in [0.2, 0.25) is 0 Å². The molecule has 3 heterocycles. The van der Waals surface area contributed by atoms with Crippen molar-refractivity contribution in [1.29, 1.82) is 0 Å². The average Bonchev–Trinajstić information content (AvgIpc) is 3.25. The molecule has 4 rings (SSSR count). The number of amides is 1. The van der Waals surface area contributed by atoms with Crippen molar-refractivity contribution in [2.24, 2.45) is 0 Å². The van der Waals surface area contributed by atoms with Gasteiger partial charge in [-0.25, -0.2) is 4.68 Å². The number of benzene rings is 1. The Morgan fingerprint density at radius 3 is 2.64 bits per heavy atom. The molecule has 1 aliphatic heterocycles.